The number of carbonyl (C=O) groups excluding carboxylic acids is 1. The zero-order chi connectivity index (χ0) is 15.5. The number of carbonyl (C=O) groups is 1. The Labute approximate surface area is 117 Å². The minimum atomic E-state index is -0.743. The number of nitro benzene ring substituents is 1. The smallest absolute Gasteiger partial charge is 0.293 e. The standard InChI is InChI=1S/C13H19N3O4/c1-13(2,8-17)15(4)12(18)9-5-6-10(14-3)11(7-9)16(19)20/h5-7,14,17H,8H2,1-4H3. The molecule has 7 nitrogen and oxygen atoms in total. The average Bonchev–Trinajstić information content (AvgIpc) is 2.44. The molecule has 0 saturated heterocycles. The number of aliphatic hydroxyl groups is 1. The Kier molecular flexibility index (Phi) is 4.67. The van der Waals surface area contributed by atoms with Crippen LogP contribution in [0.5, 0.6) is 0 Å². The van der Waals surface area contributed by atoms with E-state index in [-0.39, 0.29) is 23.8 Å². The molecule has 1 aromatic rings. The van der Waals surface area contributed by atoms with Crippen LogP contribution in [0.1, 0.15) is 24.2 Å². The van der Waals surface area contributed by atoms with Gasteiger partial charge in [0.25, 0.3) is 11.6 Å². The van der Waals surface area contributed by atoms with E-state index in [1.165, 1.54) is 23.1 Å². The second-order valence-corrected chi connectivity index (χ2v) is 5.07. The van der Waals surface area contributed by atoms with Crippen molar-refractivity contribution in [1.82, 2.24) is 4.90 Å². The lowest BCUT2D eigenvalue weighted by molar-refractivity contribution is -0.384. The Morgan fingerprint density at radius 2 is 2.10 bits per heavy atom. The van der Waals surface area contributed by atoms with E-state index in [1.807, 2.05) is 0 Å². The normalized spacial score (nSPS) is 11.1. The van der Waals surface area contributed by atoms with Crippen molar-refractivity contribution in [3.63, 3.8) is 0 Å². The number of rotatable bonds is 5. The van der Waals surface area contributed by atoms with Crippen LogP contribution in [0.4, 0.5) is 11.4 Å². The molecule has 1 rings (SSSR count). The molecule has 0 atom stereocenters. The Balaban J connectivity index is 3.18. The predicted molar refractivity (Wildman–Crippen MR) is 75.9 cm³/mol. The fourth-order valence-corrected chi connectivity index (χ4v) is 1.60. The van der Waals surface area contributed by atoms with Gasteiger partial charge in [-0.05, 0) is 26.0 Å². The van der Waals surface area contributed by atoms with E-state index in [1.54, 1.807) is 27.9 Å². The van der Waals surface area contributed by atoms with Gasteiger partial charge in [0.2, 0.25) is 0 Å². The van der Waals surface area contributed by atoms with Crippen molar-refractivity contribution in [1.29, 1.82) is 0 Å². The Bertz CT molecular complexity index is 528. The highest BCUT2D eigenvalue weighted by Gasteiger charge is 2.28. The first kappa shape index (κ1) is 15.9. The van der Waals surface area contributed by atoms with Crippen molar-refractivity contribution in [2.75, 3.05) is 26.0 Å². The second kappa shape index (κ2) is 5.87. The fraction of sp³-hybridized carbons (Fsp3) is 0.462. The Morgan fingerprint density at radius 3 is 2.55 bits per heavy atom. The lowest BCUT2D eigenvalue weighted by atomic mass is 10.0. The van der Waals surface area contributed by atoms with Gasteiger partial charge in [-0.3, -0.25) is 14.9 Å². The summed E-state index contributed by atoms with van der Waals surface area (Å²) in [6.07, 6.45) is 0. The van der Waals surface area contributed by atoms with Crippen LogP contribution in [0, 0.1) is 10.1 Å². The average molecular weight is 281 g/mol. The van der Waals surface area contributed by atoms with E-state index in [0.717, 1.165) is 0 Å². The monoisotopic (exact) mass is 281 g/mol. The number of nitro groups is 1. The zero-order valence-electron chi connectivity index (χ0n) is 12.0. The Morgan fingerprint density at radius 1 is 1.50 bits per heavy atom. The van der Waals surface area contributed by atoms with E-state index in [9.17, 15) is 20.0 Å². The maximum Gasteiger partial charge on any atom is 0.293 e. The van der Waals surface area contributed by atoms with E-state index in [2.05, 4.69) is 5.32 Å². The third kappa shape index (κ3) is 3.05. The van der Waals surface area contributed by atoms with Crippen LogP contribution < -0.4 is 5.32 Å². The summed E-state index contributed by atoms with van der Waals surface area (Å²) in [5, 5.41) is 23.0. The van der Waals surface area contributed by atoms with E-state index < -0.39 is 10.5 Å². The molecule has 0 unspecified atom stereocenters. The van der Waals surface area contributed by atoms with Crippen LogP contribution >= 0.6 is 0 Å². The van der Waals surface area contributed by atoms with Crippen molar-refractivity contribution in [2.45, 2.75) is 19.4 Å². The van der Waals surface area contributed by atoms with Gasteiger partial charge in [-0.25, -0.2) is 0 Å². The van der Waals surface area contributed by atoms with Gasteiger partial charge in [-0.1, -0.05) is 0 Å². The van der Waals surface area contributed by atoms with Crippen LogP contribution in [0.2, 0.25) is 0 Å². The first-order valence-electron chi connectivity index (χ1n) is 6.10. The molecule has 0 aromatic heterocycles. The summed E-state index contributed by atoms with van der Waals surface area (Å²) in [5.74, 6) is -0.380. The quantitative estimate of drug-likeness (QED) is 0.629. The minimum absolute atomic E-state index is 0.159. The van der Waals surface area contributed by atoms with Crippen molar-refractivity contribution >= 4 is 17.3 Å². The molecule has 0 bridgehead atoms. The van der Waals surface area contributed by atoms with Crippen molar-refractivity contribution in [3.8, 4) is 0 Å². The summed E-state index contributed by atoms with van der Waals surface area (Å²) in [7, 11) is 3.13. The molecule has 0 radical (unpaired) electrons. The lowest BCUT2D eigenvalue weighted by Gasteiger charge is -2.34. The number of anilines is 1. The van der Waals surface area contributed by atoms with Gasteiger partial charge in [0, 0.05) is 25.7 Å². The van der Waals surface area contributed by atoms with Gasteiger partial charge in [-0.2, -0.15) is 0 Å². The summed E-state index contributed by atoms with van der Waals surface area (Å²) < 4.78 is 0. The number of benzene rings is 1. The number of amides is 1. The summed E-state index contributed by atoms with van der Waals surface area (Å²) in [4.78, 5) is 24.1. The van der Waals surface area contributed by atoms with Gasteiger partial charge >= 0.3 is 0 Å². The van der Waals surface area contributed by atoms with E-state index in [0.29, 0.717) is 5.69 Å². The highest BCUT2D eigenvalue weighted by Crippen LogP contribution is 2.26. The molecule has 2 N–H and O–H groups in total. The molecule has 0 heterocycles. The number of likely N-dealkylation sites (N-methyl/N-ethyl adjacent to an activating group) is 1. The molecule has 1 amide bonds. The Hall–Kier alpha value is -2.15. The summed E-state index contributed by atoms with van der Waals surface area (Å²) in [6, 6.07) is 4.24. The summed E-state index contributed by atoms with van der Waals surface area (Å²) in [6.45, 7) is 3.22. The molecule has 0 aliphatic rings. The number of hydrogen-bond acceptors (Lipinski definition) is 5. The SMILES string of the molecule is CNc1ccc(C(=O)N(C)C(C)(C)CO)cc1[N+](=O)[O-]. The van der Waals surface area contributed by atoms with Crippen LogP contribution in [-0.2, 0) is 0 Å². The molecule has 7 heteroatoms. The molecule has 0 saturated carbocycles. The van der Waals surface area contributed by atoms with Crippen molar-refractivity contribution < 1.29 is 14.8 Å². The van der Waals surface area contributed by atoms with Gasteiger partial charge in [0.05, 0.1) is 17.1 Å². The van der Waals surface area contributed by atoms with Crippen molar-refractivity contribution in [3.05, 3.63) is 33.9 Å². The predicted octanol–water partition coefficient (Wildman–Crippen LogP) is 1.48. The number of nitrogens with zero attached hydrogens (tertiary/aromatic N) is 2. The van der Waals surface area contributed by atoms with E-state index in [4.69, 9.17) is 0 Å². The lowest BCUT2D eigenvalue weighted by Crippen LogP contribution is -2.47. The number of nitrogens with one attached hydrogen (secondary N) is 1. The molecule has 0 aliphatic heterocycles. The molecule has 0 aliphatic carbocycles. The van der Waals surface area contributed by atoms with Crippen LogP contribution in [0.25, 0.3) is 0 Å². The molecular formula is C13H19N3O4. The molecule has 0 fully saturated rings. The van der Waals surface area contributed by atoms with Crippen molar-refractivity contribution in [2.24, 2.45) is 0 Å². The second-order valence-electron chi connectivity index (χ2n) is 5.07. The maximum absolute atomic E-state index is 12.3. The minimum Gasteiger partial charge on any atom is -0.394 e. The van der Waals surface area contributed by atoms with Crippen LogP contribution in [0.3, 0.4) is 0 Å². The van der Waals surface area contributed by atoms with Gasteiger partial charge in [0.1, 0.15) is 5.69 Å². The van der Waals surface area contributed by atoms with Crippen LogP contribution in [0.15, 0.2) is 18.2 Å². The van der Waals surface area contributed by atoms with E-state index >= 15 is 0 Å². The number of hydrogen-bond donors (Lipinski definition) is 2. The first-order valence-corrected chi connectivity index (χ1v) is 6.10. The fourth-order valence-electron chi connectivity index (χ4n) is 1.60. The molecule has 20 heavy (non-hydrogen) atoms. The zero-order valence-corrected chi connectivity index (χ0v) is 12.0. The highest BCUT2D eigenvalue weighted by molar-refractivity contribution is 5.96. The van der Waals surface area contributed by atoms with Gasteiger partial charge in [-0.15, -0.1) is 0 Å². The van der Waals surface area contributed by atoms with Gasteiger partial charge in [0.15, 0.2) is 0 Å². The highest BCUT2D eigenvalue weighted by atomic mass is 16.6. The molecule has 1 aromatic carbocycles. The largest absolute Gasteiger partial charge is 0.394 e. The molecule has 0 spiro atoms. The summed E-state index contributed by atoms with van der Waals surface area (Å²) >= 11 is 0. The summed E-state index contributed by atoms with van der Waals surface area (Å²) in [5.41, 5.74) is -0.350. The first-order chi connectivity index (χ1) is 9.24. The topological polar surface area (TPSA) is 95.7 Å². The maximum atomic E-state index is 12.3. The third-order valence-corrected chi connectivity index (χ3v) is 3.31. The van der Waals surface area contributed by atoms with Gasteiger partial charge < -0.3 is 15.3 Å². The van der Waals surface area contributed by atoms with Crippen LogP contribution in [-0.4, -0.2) is 47.1 Å². The number of aliphatic hydroxyl groups excluding tert-OH is 1. The third-order valence-electron chi connectivity index (χ3n) is 3.31. The molecule has 110 valence electrons. The molecular weight excluding hydrogens is 262 g/mol.